The van der Waals surface area contributed by atoms with E-state index in [0.717, 1.165) is 38.7 Å². The van der Waals surface area contributed by atoms with Crippen molar-refractivity contribution in [1.29, 1.82) is 0 Å². The van der Waals surface area contributed by atoms with Gasteiger partial charge in [-0.15, -0.1) is 0 Å². The predicted octanol–water partition coefficient (Wildman–Crippen LogP) is 1.83. The highest BCUT2D eigenvalue weighted by Gasteiger charge is 2.41. The monoisotopic (exact) mass is 228 g/mol. The normalized spacial score (nSPS) is 34.4. The molecular weight excluding hydrogens is 208 g/mol. The third-order valence-corrected chi connectivity index (χ3v) is 3.76. The minimum Gasteiger partial charge on any atom is -0.481 e. The van der Waals surface area contributed by atoms with Crippen molar-refractivity contribution in [2.45, 2.75) is 44.6 Å². The Morgan fingerprint density at radius 1 is 1.44 bits per heavy atom. The largest absolute Gasteiger partial charge is 0.481 e. The van der Waals surface area contributed by atoms with Gasteiger partial charge >= 0.3 is 5.97 Å². The molecule has 0 amide bonds. The fourth-order valence-corrected chi connectivity index (χ4v) is 2.62. The Hall–Kier alpha value is -0.610. The lowest BCUT2D eigenvalue weighted by molar-refractivity contribution is -0.149. The maximum absolute atomic E-state index is 11.2. The molecule has 1 N–H and O–H groups in total. The highest BCUT2D eigenvalue weighted by Crippen LogP contribution is 2.35. The van der Waals surface area contributed by atoms with Crippen LogP contribution < -0.4 is 0 Å². The van der Waals surface area contributed by atoms with Crippen molar-refractivity contribution in [3.05, 3.63) is 0 Å². The Labute approximate surface area is 95.9 Å². The van der Waals surface area contributed by atoms with Gasteiger partial charge in [0.1, 0.15) is 0 Å². The third kappa shape index (κ3) is 2.55. The molecule has 0 aromatic carbocycles. The molecule has 0 saturated carbocycles. The Kier molecular flexibility index (Phi) is 3.82. The highest BCUT2D eigenvalue weighted by molar-refractivity contribution is 5.75. The van der Waals surface area contributed by atoms with E-state index in [4.69, 9.17) is 9.47 Å². The van der Waals surface area contributed by atoms with E-state index in [0.29, 0.717) is 25.7 Å². The Bertz CT molecular complexity index is 239. The maximum atomic E-state index is 11.2. The van der Waals surface area contributed by atoms with Crippen molar-refractivity contribution in [1.82, 2.24) is 0 Å². The minimum atomic E-state index is -0.697. The molecule has 2 aliphatic rings. The van der Waals surface area contributed by atoms with E-state index >= 15 is 0 Å². The van der Waals surface area contributed by atoms with Crippen molar-refractivity contribution < 1.29 is 19.4 Å². The van der Waals surface area contributed by atoms with Crippen LogP contribution in [0.1, 0.15) is 38.5 Å². The van der Waals surface area contributed by atoms with Crippen LogP contribution in [-0.2, 0) is 14.3 Å². The number of ether oxygens (including phenoxy) is 2. The summed E-state index contributed by atoms with van der Waals surface area (Å²) in [5, 5.41) is 9.24. The van der Waals surface area contributed by atoms with Crippen LogP contribution in [0.15, 0.2) is 0 Å². The first-order valence-electron chi connectivity index (χ1n) is 6.16. The molecule has 2 fully saturated rings. The van der Waals surface area contributed by atoms with Crippen molar-refractivity contribution in [2.75, 3.05) is 19.8 Å². The molecule has 0 aliphatic carbocycles. The predicted molar refractivity (Wildman–Crippen MR) is 58.3 cm³/mol. The van der Waals surface area contributed by atoms with E-state index in [2.05, 4.69) is 0 Å². The molecule has 0 spiro atoms. The fourth-order valence-electron chi connectivity index (χ4n) is 2.62. The number of hydrogen-bond acceptors (Lipinski definition) is 3. The van der Waals surface area contributed by atoms with E-state index in [1.807, 2.05) is 0 Å². The zero-order chi connectivity index (χ0) is 11.4. The Balaban J connectivity index is 1.76. The molecule has 2 unspecified atom stereocenters. The molecule has 2 heterocycles. The first-order valence-corrected chi connectivity index (χ1v) is 6.16. The summed E-state index contributed by atoms with van der Waals surface area (Å²) in [6.07, 6.45) is 5.97. The summed E-state index contributed by atoms with van der Waals surface area (Å²) in [4.78, 5) is 11.2. The second-order valence-corrected chi connectivity index (χ2v) is 4.92. The first kappa shape index (κ1) is 11.9. The van der Waals surface area contributed by atoms with Gasteiger partial charge in [0.15, 0.2) is 0 Å². The van der Waals surface area contributed by atoms with E-state index in [1.54, 1.807) is 0 Å². The molecule has 0 aromatic heterocycles. The molecule has 16 heavy (non-hydrogen) atoms. The van der Waals surface area contributed by atoms with Gasteiger partial charge in [0, 0.05) is 13.2 Å². The quantitative estimate of drug-likeness (QED) is 0.780. The summed E-state index contributed by atoms with van der Waals surface area (Å²) in [5.41, 5.74) is -0.612. The number of aliphatic carboxylic acids is 1. The zero-order valence-corrected chi connectivity index (χ0v) is 9.61. The van der Waals surface area contributed by atoms with Gasteiger partial charge in [0.05, 0.1) is 18.1 Å². The van der Waals surface area contributed by atoms with Gasteiger partial charge in [-0.3, -0.25) is 4.79 Å². The van der Waals surface area contributed by atoms with Crippen LogP contribution >= 0.6 is 0 Å². The smallest absolute Gasteiger partial charge is 0.312 e. The average molecular weight is 228 g/mol. The fraction of sp³-hybridized carbons (Fsp3) is 0.917. The Morgan fingerprint density at radius 2 is 2.31 bits per heavy atom. The molecule has 2 saturated heterocycles. The molecular formula is C12H20O4. The maximum Gasteiger partial charge on any atom is 0.312 e. The minimum absolute atomic E-state index is 0.369. The van der Waals surface area contributed by atoms with Crippen molar-refractivity contribution in [2.24, 2.45) is 5.41 Å². The molecule has 2 aliphatic heterocycles. The average Bonchev–Trinajstić information content (AvgIpc) is 2.88. The van der Waals surface area contributed by atoms with Crippen LogP contribution in [-0.4, -0.2) is 37.0 Å². The lowest BCUT2D eigenvalue weighted by atomic mass is 9.82. The Morgan fingerprint density at radius 3 is 2.88 bits per heavy atom. The second-order valence-electron chi connectivity index (χ2n) is 4.92. The van der Waals surface area contributed by atoms with Gasteiger partial charge in [-0.05, 0) is 38.5 Å². The number of hydrogen-bond donors (Lipinski definition) is 1. The van der Waals surface area contributed by atoms with Crippen molar-refractivity contribution >= 4 is 5.97 Å². The summed E-state index contributed by atoms with van der Waals surface area (Å²) in [6.45, 7) is 1.85. The van der Waals surface area contributed by atoms with E-state index in [1.165, 1.54) is 0 Å². The van der Waals surface area contributed by atoms with Gasteiger partial charge in [-0.2, -0.15) is 0 Å². The van der Waals surface area contributed by atoms with Gasteiger partial charge in [0.25, 0.3) is 0 Å². The molecule has 4 nitrogen and oxygen atoms in total. The number of rotatable bonds is 5. The molecule has 2 atom stereocenters. The van der Waals surface area contributed by atoms with Crippen LogP contribution in [0.25, 0.3) is 0 Å². The van der Waals surface area contributed by atoms with Crippen molar-refractivity contribution in [3.8, 4) is 0 Å². The van der Waals surface area contributed by atoms with Gasteiger partial charge in [-0.1, -0.05) is 0 Å². The van der Waals surface area contributed by atoms with Gasteiger partial charge in [-0.25, -0.2) is 0 Å². The first-order chi connectivity index (χ1) is 7.73. The third-order valence-electron chi connectivity index (χ3n) is 3.76. The summed E-state index contributed by atoms with van der Waals surface area (Å²) in [7, 11) is 0. The number of carboxylic acid groups (broad SMARTS) is 1. The molecule has 2 rings (SSSR count). The lowest BCUT2D eigenvalue weighted by Gasteiger charge is -2.22. The van der Waals surface area contributed by atoms with Gasteiger partial charge in [0.2, 0.25) is 0 Å². The SMILES string of the molecule is O=C(O)C1(CCCC2CCCO2)CCOC1. The number of carboxylic acids is 1. The van der Waals surface area contributed by atoms with E-state index in [-0.39, 0.29) is 0 Å². The molecule has 0 bridgehead atoms. The summed E-state index contributed by atoms with van der Waals surface area (Å²) < 4.78 is 10.8. The number of carbonyl (C=O) groups is 1. The van der Waals surface area contributed by atoms with Crippen LogP contribution in [0.3, 0.4) is 0 Å². The molecule has 4 heteroatoms. The molecule has 92 valence electrons. The summed E-state index contributed by atoms with van der Waals surface area (Å²) in [5.74, 6) is -0.697. The standard InChI is InChI=1S/C12H20O4/c13-11(14)12(6-8-15-9-12)5-1-3-10-4-2-7-16-10/h10H,1-9H2,(H,13,14). The summed E-state index contributed by atoms with van der Waals surface area (Å²) in [6, 6.07) is 0. The van der Waals surface area contributed by atoms with E-state index in [9.17, 15) is 9.90 Å². The van der Waals surface area contributed by atoms with Crippen LogP contribution in [0.4, 0.5) is 0 Å². The van der Waals surface area contributed by atoms with Crippen molar-refractivity contribution in [3.63, 3.8) is 0 Å². The summed E-state index contributed by atoms with van der Waals surface area (Å²) >= 11 is 0. The van der Waals surface area contributed by atoms with E-state index < -0.39 is 11.4 Å². The zero-order valence-electron chi connectivity index (χ0n) is 9.61. The molecule has 0 aromatic rings. The lowest BCUT2D eigenvalue weighted by Crippen LogP contribution is -2.31. The second kappa shape index (κ2) is 5.15. The highest BCUT2D eigenvalue weighted by atomic mass is 16.5. The van der Waals surface area contributed by atoms with Crippen LogP contribution in [0, 0.1) is 5.41 Å². The molecule has 0 radical (unpaired) electrons. The van der Waals surface area contributed by atoms with Crippen LogP contribution in [0.2, 0.25) is 0 Å². The topological polar surface area (TPSA) is 55.8 Å². The van der Waals surface area contributed by atoms with Gasteiger partial charge < -0.3 is 14.6 Å². The van der Waals surface area contributed by atoms with Crippen LogP contribution in [0.5, 0.6) is 0 Å².